The number of ether oxygens (including phenoxy) is 1. The first kappa shape index (κ1) is 23.1. The number of aromatic nitrogens is 1. The summed E-state index contributed by atoms with van der Waals surface area (Å²) in [5.74, 6) is 1.52. The molecule has 0 saturated heterocycles. The van der Waals surface area contributed by atoms with Crippen LogP contribution in [0.3, 0.4) is 0 Å². The molecule has 2 heterocycles. The third-order valence-corrected chi connectivity index (χ3v) is 6.63. The van der Waals surface area contributed by atoms with Crippen LogP contribution in [0.4, 0.5) is 11.5 Å². The molecule has 0 atom stereocenters. The molecule has 1 saturated carbocycles. The molecule has 0 aliphatic heterocycles. The van der Waals surface area contributed by atoms with Gasteiger partial charge in [0, 0.05) is 23.6 Å². The number of carbonyl (C=O) groups excluding carboxylic acids is 2. The lowest BCUT2D eigenvalue weighted by Crippen LogP contribution is -2.29. The van der Waals surface area contributed by atoms with Gasteiger partial charge in [-0.25, -0.2) is 4.98 Å². The Morgan fingerprint density at radius 3 is 2.52 bits per heavy atom. The van der Waals surface area contributed by atoms with Crippen molar-refractivity contribution in [2.75, 3.05) is 17.7 Å². The number of pyridine rings is 1. The lowest BCUT2D eigenvalue weighted by molar-refractivity contribution is -0.121. The summed E-state index contributed by atoms with van der Waals surface area (Å²) in [7, 11) is 1.56. The molecule has 2 amide bonds. The Morgan fingerprint density at radius 2 is 1.88 bits per heavy atom. The quantitative estimate of drug-likeness (QED) is 0.452. The Kier molecular flexibility index (Phi) is 6.88. The van der Waals surface area contributed by atoms with Crippen molar-refractivity contribution in [3.05, 3.63) is 47.3 Å². The molecule has 4 rings (SSSR count). The van der Waals surface area contributed by atoms with Gasteiger partial charge in [-0.2, -0.15) is 0 Å². The molecule has 0 bridgehead atoms. The van der Waals surface area contributed by atoms with E-state index in [2.05, 4.69) is 29.5 Å². The minimum atomic E-state index is -0.515. The second kappa shape index (κ2) is 9.83. The first-order chi connectivity index (χ1) is 15.9. The number of amides is 2. The number of anilines is 2. The van der Waals surface area contributed by atoms with Crippen molar-refractivity contribution in [2.45, 2.75) is 39.5 Å². The van der Waals surface area contributed by atoms with Crippen molar-refractivity contribution in [2.24, 2.45) is 17.8 Å². The van der Waals surface area contributed by atoms with Gasteiger partial charge in [-0.3, -0.25) is 9.59 Å². The molecule has 2 N–H and O–H groups in total. The van der Waals surface area contributed by atoms with E-state index in [0.29, 0.717) is 45.1 Å². The van der Waals surface area contributed by atoms with E-state index < -0.39 is 5.91 Å². The first-order valence-electron chi connectivity index (χ1n) is 11.2. The molecule has 1 aliphatic carbocycles. The monoisotopic (exact) mass is 469 g/mol. The van der Waals surface area contributed by atoms with Gasteiger partial charge < -0.3 is 19.8 Å². The standard InChI is InChI=1S/C25H28ClN3O4/c1-14(2)15-4-6-16(7-5-15)24(30)29-22-19-10-9-18(32-3)12-20(19)33-23(22)25(31)28-21-11-8-17(26)13-27-21/h8-16H,4-7H2,1-3H3,(H,29,30)(H,27,28,31). The zero-order chi connectivity index (χ0) is 23.5. The van der Waals surface area contributed by atoms with Gasteiger partial charge in [-0.05, 0) is 61.8 Å². The molecule has 33 heavy (non-hydrogen) atoms. The predicted octanol–water partition coefficient (Wildman–Crippen LogP) is 6.14. The molecule has 174 valence electrons. The fourth-order valence-electron chi connectivity index (χ4n) is 4.38. The minimum absolute atomic E-state index is 0.0132. The molecule has 7 nitrogen and oxygen atoms in total. The smallest absolute Gasteiger partial charge is 0.294 e. The molecule has 1 aliphatic rings. The maximum atomic E-state index is 13.1. The topological polar surface area (TPSA) is 93.5 Å². The van der Waals surface area contributed by atoms with Crippen molar-refractivity contribution in [1.29, 1.82) is 0 Å². The van der Waals surface area contributed by atoms with Gasteiger partial charge in [0.2, 0.25) is 11.7 Å². The number of hydrogen-bond donors (Lipinski definition) is 2. The number of fused-ring (bicyclic) bond motifs is 1. The van der Waals surface area contributed by atoms with Crippen molar-refractivity contribution in [1.82, 2.24) is 4.98 Å². The Bertz CT molecular complexity index is 1150. The molecule has 0 unspecified atom stereocenters. The van der Waals surface area contributed by atoms with E-state index in [1.165, 1.54) is 6.20 Å². The van der Waals surface area contributed by atoms with E-state index >= 15 is 0 Å². The number of carbonyl (C=O) groups is 2. The van der Waals surface area contributed by atoms with Crippen LogP contribution >= 0.6 is 11.6 Å². The van der Waals surface area contributed by atoms with E-state index in [0.717, 1.165) is 25.7 Å². The van der Waals surface area contributed by atoms with Crippen LogP contribution in [0, 0.1) is 17.8 Å². The van der Waals surface area contributed by atoms with Crippen LogP contribution in [-0.4, -0.2) is 23.9 Å². The summed E-state index contributed by atoms with van der Waals surface area (Å²) in [5.41, 5.74) is 0.803. The lowest BCUT2D eigenvalue weighted by Gasteiger charge is -2.30. The third kappa shape index (κ3) is 5.14. The van der Waals surface area contributed by atoms with Gasteiger partial charge >= 0.3 is 0 Å². The second-order valence-corrected chi connectivity index (χ2v) is 9.27. The fraction of sp³-hybridized carbons (Fsp3) is 0.400. The van der Waals surface area contributed by atoms with E-state index in [4.69, 9.17) is 20.8 Å². The normalized spacial score (nSPS) is 18.3. The van der Waals surface area contributed by atoms with Crippen molar-refractivity contribution in [3.8, 4) is 5.75 Å². The van der Waals surface area contributed by atoms with E-state index in [1.54, 1.807) is 37.4 Å². The summed E-state index contributed by atoms with van der Waals surface area (Å²) < 4.78 is 11.1. The van der Waals surface area contributed by atoms with Gasteiger partial charge in [0.25, 0.3) is 5.91 Å². The summed E-state index contributed by atoms with van der Waals surface area (Å²) >= 11 is 5.88. The zero-order valence-electron chi connectivity index (χ0n) is 19.0. The molecule has 1 aromatic carbocycles. The number of rotatable bonds is 6. The highest BCUT2D eigenvalue weighted by Crippen LogP contribution is 2.37. The zero-order valence-corrected chi connectivity index (χ0v) is 19.7. The van der Waals surface area contributed by atoms with Crippen molar-refractivity contribution >= 4 is 45.9 Å². The summed E-state index contributed by atoms with van der Waals surface area (Å²) in [6.45, 7) is 4.47. The van der Waals surface area contributed by atoms with Crippen LogP contribution in [0.5, 0.6) is 5.75 Å². The number of furan rings is 1. The Labute approximate surface area is 197 Å². The Balaban J connectivity index is 1.60. The first-order valence-corrected chi connectivity index (χ1v) is 11.6. The molecular weight excluding hydrogens is 442 g/mol. The Morgan fingerprint density at radius 1 is 1.12 bits per heavy atom. The van der Waals surface area contributed by atoms with Crippen molar-refractivity contribution in [3.63, 3.8) is 0 Å². The number of nitrogens with zero attached hydrogens (tertiary/aromatic N) is 1. The van der Waals surface area contributed by atoms with Gasteiger partial charge in [0.1, 0.15) is 22.8 Å². The van der Waals surface area contributed by atoms with E-state index in [9.17, 15) is 9.59 Å². The van der Waals surface area contributed by atoms with Gasteiger partial charge in [-0.15, -0.1) is 0 Å². The van der Waals surface area contributed by atoms with Crippen LogP contribution in [0.25, 0.3) is 11.0 Å². The SMILES string of the molecule is COc1ccc2c(NC(=O)C3CCC(C(C)C)CC3)c(C(=O)Nc3ccc(Cl)cn3)oc2c1. The lowest BCUT2D eigenvalue weighted by atomic mass is 9.76. The molecule has 1 fully saturated rings. The summed E-state index contributed by atoms with van der Waals surface area (Å²) in [6, 6.07) is 8.46. The molecule has 0 radical (unpaired) electrons. The van der Waals surface area contributed by atoms with Gasteiger partial charge in [-0.1, -0.05) is 25.4 Å². The average Bonchev–Trinajstić information content (AvgIpc) is 3.18. The van der Waals surface area contributed by atoms with E-state index in [-0.39, 0.29) is 17.6 Å². The van der Waals surface area contributed by atoms with Crippen LogP contribution in [0.2, 0.25) is 5.02 Å². The molecule has 0 spiro atoms. The predicted molar refractivity (Wildman–Crippen MR) is 129 cm³/mol. The minimum Gasteiger partial charge on any atom is -0.497 e. The number of hydrogen-bond acceptors (Lipinski definition) is 5. The van der Waals surface area contributed by atoms with Gasteiger partial charge in [0.05, 0.1) is 12.1 Å². The summed E-state index contributed by atoms with van der Waals surface area (Å²) in [6.07, 6.45) is 5.20. The molecule has 2 aromatic heterocycles. The number of benzene rings is 1. The van der Waals surface area contributed by atoms with Crippen LogP contribution in [0.15, 0.2) is 40.9 Å². The highest BCUT2D eigenvalue weighted by molar-refractivity contribution is 6.30. The molecule has 8 heteroatoms. The van der Waals surface area contributed by atoms with Crippen LogP contribution in [0.1, 0.15) is 50.1 Å². The van der Waals surface area contributed by atoms with Crippen LogP contribution < -0.4 is 15.4 Å². The molecular formula is C25H28ClN3O4. The number of nitrogens with one attached hydrogen (secondary N) is 2. The third-order valence-electron chi connectivity index (χ3n) is 6.41. The largest absolute Gasteiger partial charge is 0.497 e. The second-order valence-electron chi connectivity index (χ2n) is 8.83. The average molecular weight is 470 g/mol. The summed E-state index contributed by atoms with van der Waals surface area (Å²) in [4.78, 5) is 30.3. The summed E-state index contributed by atoms with van der Waals surface area (Å²) in [5, 5.41) is 6.78. The highest BCUT2D eigenvalue weighted by atomic mass is 35.5. The van der Waals surface area contributed by atoms with Gasteiger partial charge in [0.15, 0.2) is 0 Å². The maximum absolute atomic E-state index is 13.1. The maximum Gasteiger partial charge on any atom is 0.294 e. The highest BCUT2D eigenvalue weighted by Gasteiger charge is 2.30. The van der Waals surface area contributed by atoms with Crippen LogP contribution in [-0.2, 0) is 4.79 Å². The number of halogens is 1. The fourth-order valence-corrected chi connectivity index (χ4v) is 4.50. The molecule has 3 aromatic rings. The van der Waals surface area contributed by atoms with E-state index in [1.807, 2.05) is 0 Å². The Hall–Kier alpha value is -3.06. The van der Waals surface area contributed by atoms with Crippen molar-refractivity contribution < 1.29 is 18.7 Å². The number of methoxy groups -OCH3 is 1.